The number of amides is 1. The second-order valence-corrected chi connectivity index (χ2v) is 5.86. The number of aryl methyl sites for hydroxylation is 1. The van der Waals surface area contributed by atoms with Crippen LogP contribution in [0.2, 0.25) is 0 Å². The van der Waals surface area contributed by atoms with E-state index in [9.17, 15) is 9.90 Å². The van der Waals surface area contributed by atoms with Gasteiger partial charge in [-0.25, -0.2) is 0 Å². The third kappa shape index (κ3) is 3.77. The minimum absolute atomic E-state index is 0.164. The van der Waals surface area contributed by atoms with E-state index in [4.69, 9.17) is 0 Å². The van der Waals surface area contributed by atoms with Gasteiger partial charge in [-0.2, -0.15) is 0 Å². The lowest BCUT2D eigenvalue weighted by Gasteiger charge is -2.35. The van der Waals surface area contributed by atoms with E-state index in [1.54, 1.807) is 18.5 Å². The number of carbonyl (C=O) groups is 1. The molecule has 4 nitrogen and oxygen atoms in total. The van der Waals surface area contributed by atoms with Gasteiger partial charge in [-0.3, -0.25) is 9.78 Å². The Morgan fingerprint density at radius 1 is 1.58 bits per heavy atom. The topological polar surface area (TPSA) is 62.2 Å². The smallest absolute Gasteiger partial charge is 0.252 e. The molecule has 2 unspecified atom stereocenters. The van der Waals surface area contributed by atoms with Crippen molar-refractivity contribution in [3.05, 3.63) is 29.6 Å². The zero-order valence-corrected chi connectivity index (χ0v) is 11.6. The standard InChI is InChI=1S/C15H22N2O2/c1-11-4-3-5-15(19,7-11)10-17-14(18)13-6-12(2)8-16-9-13/h6,8-9,11,19H,3-5,7,10H2,1-2H3,(H,17,18). The van der Waals surface area contributed by atoms with Gasteiger partial charge in [-0.05, 0) is 37.3 Å². The number of pyridine rings is 1. The lowest BCUT2D eigenvalue weighted by Crippen LogP contribution is -2.45. The average Bonchev–Trinajstić information content (AvgIpc) is 2.36. The van der Waals surface area contributed by atoms with E-state index in [2.05, 4.69) is 17.2 Å². The van der Waals surface area contributed by atoms with E-state index in [-0.39, 0.29) is 5.91 Å². The first-order valence-corrected chi connectivity index (χ1v) is 6.91. The summed E-state index contributed by atoms with van der Waals surface area (Å²) in [7, 11) is 0. The summed E-state index contributed by atoms with van der Waals surface area (Å²) in [6.07, 6.45) is 6.99. The van der Waals surface area contributed by atoms with Crippen molar-refractivity contribution in [1.29, 1.82) is 0 Å². The molecule has 0 bridgehead atoms. The SMILES string of the molecule is Cc1cncc(C(=O)NCC2(O)CCCC(C)C2)c1. The summed E-state index contributed by atoms with van der Waals surface area (Å²) < 4.78 is 0. The Morgan fingerprint density at radius 2 is 2.37 bits per heavy atom. The summed E-state index contributed by atoms with van der Waals surface area (Å²) in [5, 5.41) is 13.3. The molecule has 4 heteroatoms. The number of carbonyl (C=O) groups excluding carboxylic acids is 1. The van der Waals surface area contributed by atoms with Crippen LogP contribution in [-0.2, 0) is 0 Å². The third-order valence-corrected chi connectivity index (χ3v) is 3.78. The quantitative estimate of drug-likeness (QED) is 0.876. The molecule has 1 amide bonds. The van der Waals surface area contributed by atoms with Crippen molar-refractivity contribution in [2.24, 2.45) is 5.92 Å². The maximum Gasteiger partial charge on any atom is 0.252 e. The zero-order chi connectivity index (χ0) is 13.9. The highest BCUT2D eigenvalue weighted by Gasteiger charge is 2.32. The summed E-state index contributed by atoms with van der Waals surface area (Å²) >= 11 is 0. The van der Waals surface area contributed by atoms with Crippen LogP contribution in [0, 0.1) is 12.8 Å². The van der Waals surface area contributed by atoms with Gasteiger partial charge in [0.1, 0.15) is 0 Å². The number of hydrogen-bond donors (Lipinski definition) is 2. The molecule has 1 aromatic heterocycles. The number of hydrogen-bond acceptors (Lipinski definition) is 3. The predicted octanol–water partition coefficient (Wildman–Crippen LogP) is 2.06. The van der Waals surface area contributed by atoms with Gasteiger partial charge in [-0.1, -0.05) is 19.8 Å². The minimum atomic E-state index is -0.745. The van der Waals surface area contributed by atoms with Crippen LogP contribution in [0.15, 0.2) is 18.5 Å². The molecule has 0 aliphatic heterocycles. The van der Waals surface area contributed by atoms with Crippen LogP contribution in [0.25, 0.3) is 0 Å². The molecule has 1 aliphatic carbocycles. The molecule has 104 valence electrons. The maximum absolute atomic E-state index is 12.0. The number of nitrogens with one attached hydrogen (secondary N) is 1. The molecule has 1 saturated carbocycles. The first-order chi connectivity index (χ1) is 8.98. The highest BCUT2D eigenvalue weighted by molar-refractivity contribution is 5.94. The van der Waals surface area contributed by atoms with E-state index in [0.717, 1.165) is 31.2 Å². The largest absolute Gasteiger partial charge is 0.388 e. The molecular weight excluding hydrogens is 240 g/mol. The molecular formula is C15H22N2O2. The van der Waals surface area contributed by atoms with Crippen molar-refractivity contribution in [1.82, 2.24) is 10.3 Å². The average molecular weight is 262 g/mol. The van der Waals surface area contributed by atoms with Crippen molar-refractivity contribution < 1.29 is 9.90 Å². The molecule has 0 radical (unpaired) electrons. The maximum atomic E-state index is 12.0. The van der Waals surface area contributed by atoms with Crippen LogP contribution >= 0.6 is 0 Å². The van der Waals surface area contributed by atoms with Gasteiger partial charge in [0.25, 0.3) is 5.91 Å². The first kappa shape index (κ1) is 14.0. The molecule has 1 heterocycles. The highest BCUT2D eigenvalue weighted by Crippen LogP contribution is 2.31. The van der Waals surface area contributed by atoms with E-state index < -0.39 is 5.60 Å². The molecule has 2 atom stereocenters. The van der Waals surface area contributed by atoms with Crippen molar-refractivity contribution in [3.8, 4) is 0 Å². The van der Waals surface area contributed by atoms with Gasteiger partial charge in [-0.15, -0.1) is 0 Å². The molecule has 19 heavy (non-hydrogen) atoms. The fourth-order valence-corrected chi connectivity index (χ4v) is 2.82. The van der Waals surface area contributed by atoms with Gasteiger partial charge in [0.15, 0.2) is 0 Å². The van der Waals surface area contributed by atoms with E-state index >= 15 is 0 Å². The summed E-state index contributed by atoms with van der Waals surface area (Å²) in [4.78, 5) is 16.0. The van der Waals surface area contributed by atoms with Crippen LogP contribution in [0.1, 0.15) is 48.5 Å². The Balaban J connectivity index is 1.93. The number of nitrogens with zero attached hydrogens (tertiary/aromatic N) is 1. The Hall–Kier alpha value is -1.42. The van der Waals surface area contributed by atoms with E-state index in [1.165, 1.54) is 0 Å². The lowest BCUT2D eigenvalue weighted by molar-refractivity contribution is -0.0109. The van der Waals surface area contributed by atoms with Crippen molar-refractivity contribution in [3.63, 3.8) is 0 Å². The van der Waals surface area contributed by atoms with Crippen LogP contribution in [0.4, 0.5) is 0 Å². The van der Waals surface area contributed by atoms with Gasteiger partial charge in [0, 0.05) is 18.9 Å². The van der Waals surface area contributed by atoms with E-state index in [0.29, 0.717) is 18.0 Å². The Kier molecular flexibility index (Phi) is 4.20. The Labute approximate surface area is 114 Å². The van der Waals surface area contributed by atoms with Crippen LogP contribution in [0.3, 0.4) is 0 Å². The molecule has 0 aromatic carbocycles. The monoisotopic (exact) mass is 262 g/mol. The molecule has 2 N–H and O–H groups in total. The van der Waals surface area contributed by atoms with Gasteiger partial charge < -0.3 is 10.4 Å². The number of rotatable bonds is 3. The summed E-state index contributed by atoms with van der Waals surface area (Å²) in [5.41, 5.74) is 0.759. The minimum Gasteiger partial charge on any atom is -0.388 e. The third-order valence-electron chi connectivity index (χ3n) is 3.78. The van der Waals surface area contributed by atoms with E-state index in [1.807, 2.05) is 6.92 Å². The van der Waals surface area contributed by atoms with Crippen molar-refractivity contribution in [2.75, 3.05) is 6.54 Å². The van der Waals surface area contributed by atoms with Crippen molar-refractivity contribution in [2.45, 2.75) is 45.1 Å². The summed E-state index contributed by atoms with van der Waals surface area (Å²) in [5.74, 6) is 0.360. The molecule has 1 fully saturated rings. The van der Waals surface area contributed by atoms with Crippen LogP contribution in [-0.4, -0.2) is 28.1 Å². The molecule has 1 aliphatic rings. The Morgan fingerprint density at radius 3 is 3.05 bits per heavy atom. The molecule has 2 rings (SSSR count). The number of aliphatic hydroxyl groups is 1. The first-order valence-electron chi connectivity index (χ1n) is 6.91. The second-order valence-electron chi connectivity index (χ2n) is 5.86. The fraction of sp³-hybridized carbons (Fsp3) is 0.600. The second kappa shape index (κ2) is 5.70. The molecule has 1 aromatic rings. The summed E-state index contributed by atoms with van der Waals surface area (Å²) in [6, 6.07) is 1.80. The lowest BCUT2D eigenvalue weighted by atomic mass is 9.79. The fourth-order valence-electron chi connectivity index (χ4n) is 2.82. The highest BCUT2D eigenvalue weighted by atomic mass is 16.3. The number of aromatic nitrogens is 1. The summed E-state index contributed by atoms with van der Waals surface area (Å²) in [6.45, 7) is 4.38. The van der Waals surface area contributed by atoms with Crippen molar-refractivity contribution >= 4 is 5.91 Å². The molecule has 0 saturated heterocycles. The zero-order valence-electron chi connectivity index (χ0n) is 11.6. The predicted molar refractivity (Wildman–Crippen MR) is 73.9 cm³/mol. The Bertz CT molecular complexity index is 461. The van der Waals surface area contributed by atoms with Gasteiger partial charge in [0.05, 0.1) is 11.2 Å². The van der Waals surface area contributed by atoms with Crippen LogP contribution < -0.4 is 5.32 Å². The van der Waals surface area contributed by atoms with Gasteiger partial charge >= 0.3 is 0 Å². The normalized spacial score (nSPS) is 27.0. The van der Waals surface area contributed by atoms with Gasteiger partial charge in [0.2, 0.25) is 0 Å². The molecule has 0 spiro atoms. The van der Waals surface area contributed by atoms with Crippen LogP contribution in [0.5, 0.6) is 0 Å².